The minimum absolute atomic E-state index is 0.00805. The Morgan fingerprint density at radius 1 is 1.00 bits per heavy atom. The molecule has 0 N–H and O–H groups in total. The Labute approximate surface area is 231 Å². The van der Waals surface area contributed by atoms with Crippen molar-refractivity contribution in [3.63, 3.8) is 0 Å². The van der Waals surface area contributed by atoms with Crippen molar-refractivity contribution in [3.05, 3.63) is 42.0 Å². The first kappa shape index (κ1) is 28.6. The number of rotatable bonds is 7. The predicted octanol–water partition coefficient (Wildman–Crippen LogP) is 2.70. The van der Waals surface area contributed by atoms with Gasteiger partial charge in [0.1, 0.15) is 18.9 Å². The second kappa shape index (κ2) is 14.1. The number of nitrogens with zero attached hydrogens (tertiary/aromatic N) is 4. The van der Waals surface area contributed by atoms with Crippen LogP contribution in [-0.2, 0) is 25.7 Å². The SMILES string of the molecule is CCCCCC(=O)N1CC(=O)N2CC[C@@H](CC(=O)N3CCN(C=O)CC3)[C@@H](/C=C\COc3ccccc3C1)C2. The van der Waals surface area contributed by atoms with Gasteiger partial charge in [-0.2, -0.15) is 0 Å². The zero-order chi connectivity index (χ0) is 27.6. The summed E-state index contributed by atoms with van der Waals surface area (Å²) in [7, 11) is 0. The number of carbonyl (C=O) groups excluding carboxylic acids is 4. The van der Waals surface area contributed by atoms with Crippen molar-refractivity contribution in [2.24, 2.45) is 11.8 Å². The van der Waals surface area contributed by atoms with Crippen LogP contribution in [0.2, 0.25) is 0 Å². The molecular formula is C30H42N4O5. The van der Waals surface area contributed by atoms with Crippen molar-refractivity contribution in [2.75, 3.05) is 52.4 Å². The maximum Gasteiger partial charge on any atom is 0.242 e. The van der Waals surface area contributed by atoms with Crippen molar-refractivity contribution in [1.82, 2.24) is 19.6 Å². The minimum Gasteiger partial charge on any atom is -0.489 e. The summed E-state index contributed by atoms with van der Waals surface area (Å²) in [6, 6.07) is 7.69. The van der Waals surface area contributed by atoms with E-state index in [4.69, 9.17) is 4.74 Å². The second-order valence-electron chi connectivity index (χ2n) is 10.8. The molecule has 0 radical (unpaired) electrons. The van der Waals surface area contributed by atoms with Crippen LogP contribution in [0.25, 0.3) is 0 Å². The van der Waals surface area contributed by atoms with E-state index in [0.717, 1.165) is 37.7 Å². The number of fused-ring (bicyclic) bond motifs is 3. The van der Waals surface area contributed by atoms with E-state index in [0.29, 0.717) is 71.0 Å². The van der Waals surface area contributed by atoms with Gasteiger partial charge in [0.2, 0.25) is 24.1 Å². The third-order valence-electron chi connectivity index (χ3n) is 8.14. The molecule has 4 amide bonds. The molecule has 3 aliphatic heterocycles. The molecule has 4 rings (SSSR count). The Bertz CT molecular complexity index is 1040. The number of piperazine rings is 1. The molecule has 3 aliphatic rings. The molecule has 2 atom stereocenters. The molecular weight excluding hydrogens is 496 g/mol. The Balaban J connectivity index is 1.48. The van der Waals surface area contributed by atoms with Gasteiger partial charge in [-0.25, -0.2) is 0 Å². The van der Waals surface area contributed by atoms with Gasteiger partial charge in [0.15, 0.2) is 0 Å². The van der Waals surface area contributed by atoms with Gasteiger partial charge in [-0.15, -0.1) is 0 Å². The monoisotopic (exact) mass is 538 g/mol. The normalized spacial score (nSPS) is 23.1. The molecule has 0 saturated carbocycles. The van der Waals surface area contributed by atoms with E-state index >= 15 is 0 Å². The summed E-state index contributed by atoms with van der Waals surface area (Å²) in [6.07, 6.45) is 9.33. The maximum absolute atomic E-state index is 13.5. The molecule has 0 aromatic heterocycles. The fourth-order valence-corrected chi connectivity index (χ4v) is 5.69. The van der Waals surface area contributed by atoms with Crippen LogP contribution in [0.15, 0.2) is 36.4 Å². The van der Waals surface area contributed by atoms with Crippen LogP contribution in [-0.4, -0.2) is 96.2 Å². The summed E-state index contributed by atoms with van der Waals surface area (Å²) in [4.78, 5) is 57.9. The Morgan fingerprint density at radius 3 is 2.56 bits per heavy atom. The number of carbonyl (C=O) groups is 4. The van der Waals surface area contributed by atoms with Gasteiger partial charge in [-0.1, -0.05) is 50.1 Å². The van der Waals surface area contributed by atoms with Crippen molar-refractivity contribution >= 4 is 24.1 Å². The fourth-order valence-electron chi connectivity index (χ4n) is 5.69. The molecule has 1 aromatic carbocycles. The molecule has 9 nitrogen and oxygen atoms in total. The molecule has 0 unspecified atom stereocenters. The van der Waals surface area contributed by atoms with E-state index < -0.39 is 0 Å². The molecule has 2 saturated heterocycles. The molecule has 9 heteroatoms. The Hall–Kier alpha value is -3.36. The van der Waals surface area contributed by atoms with Crippen LogP contribution in [0.5, 0.6) is 5.75 Å². The summed E-state index contributed by atoms with van der Waals surface area (Å²) >= 11 is 0. The molecule has 39 heavy (non-hydrogen) atoms. The van der Waals surface area contributed by atoms with Gasteiger partial charge in [-0.3, -0.25) is 19.2 Å². The lowest BCUT2D eigenvalue weighted by molar-refractivity contribution is -0.143. The summed E-state index contributed by atoms with van der Waals surface area (Å²) in [5, 5.41) is 0. The third kappa shape index (κ3) is 7.83. The highest BCUT2D eigenvalue weighted by Gasteiger charge is 2.34. The molecule has 0 aliphatic carbocycles. The van der Waals surface area contributed by atoms with E-state index in [1.54, 1.807) is 9.80 Å². The number of piperidine rings is 1. The topological polar surface area (TPSA) is 90.5 Å². The number of unbranched alkanes of at least 4 members (excludes halogenated alkanes) is 2. The number of para-hydroxylation sites is 1. The minimum atomic E-state index is -0.0513. The van der Waals surface area contributed by atoms with Crippen molar-refractivity contribution in [1.29, 1.82) is 0 Å². The van der Waals surface area contributed by atoms with E-state index in [9.17, 15) is 19.2 Å². The Morgan fingerprint density at radius 2 is 1.79 bits per heavy atom. The standard InChI is InChI=1S/C30H42N4O5/c1-2-3-4-11-28(36)34-21-26-8-5-6-10-27(26)39-18-7-9-25-20-33(30(38)22-34)13-12-24(25)19-29(37)32-16-14-31(23-35)15-17-32/h5-10,23-25H,2-4,11-22H2,1H3/b9-7-/t24-,25-/m0/s1. The van der Waals surface area contributed by atoms with Crippen molar-refractivity contribution < 1.29 is 23.9 Å². The van der Waals surface area contributed by atoms with Crippen LogP contribution >= 0.6 is 0 Å². The molecule has 212 valence electrons. The number of hydrogen-bond acceptors (Lipinski definition) is 5. The van der Waals surface area contributed by atoms with E-state index in [1.165, 1.54) is 0 Å². The largest absolute Gasteiger partial charge is 0.489 e. The van der Waals surface area contributed by atoms with Crippen molar-refractivity contribution in [2.45, 2.75) is 52.0 Å². The van der Waals surface area contributed by atoms with Gasteiger partial charge in [-0.05, 0) is 30.7 Å². The lowest BCUT2D eigenvalue weighted by Crippen LogP contribution is -2.50. The molecule has 1 aromatic rings. The van der Waals surface area contributed by atoms with Crippen LogP contribution < -0.4 is 4.74 Å². The highest BCUT2D eigenvalue weighted by molar-refractivity contribution is 5.85. The van der Waals surface area contributed by atoms with Crippen LogP contribution in [0.1, 0.15) is 51.0 Å². The van der Waals surface area contributed by atoms with Crippen LogP contribution in [0, 0.1) is 11.8 Å². The molecule has 0 spiro atoms. The van der Waals surface area contributed by atoms with Gasteiger partial charge >= 0.3 is 0 Å². The predicted molar refractivity (Wildman–Crippen MR) is 148 cm³/mol. The van der Waals surface area contributed by atoms with Crippen LogP contribution in [0.4, 0.5) is 0 Å². The van der Waals surface area contributed by atoms with Gasteiger partial charge in [0.25, 0.3) is 0 Å². The lowest BCUT2D eigenvalue weighted by atomic mass is 9.82. The summed E-state index contributed by atoms with van der Waals surface area (Å²) < 4.78 is 6.09. The second-order valence-corrected chi connectivity index (χ2v) is 10.8. The third-order valence-corrected chi connectivity index (χ3v) is 8.14. The number of benzene rings is 1. The first-order chi connectivity index (χ1) is 19.0. The number of ether oxygens (including phenoxy) is 1. The quantitative estimate of drug-likeness (QED) is 0.303. The lowest BCUT2D eigenvalue weighted by Gasteiger charge is -2.39. The summed E-state index contributed by atoms with van der Waals surface area (Å²) in [5.74, 6) is 0.901. The first-order valence-corrected chi connectivity index (χ1v) is 14.4. The zero-order valence-corrected chi connectivity index (χ0v) is 23.1. The van der Waals surface area contributed by atoms with Gasteiger partial charge in [0.05, 0.1) is 0 Å². The number of amides is 4. The number of hydrogen-bond donors (Lipinski definition) is 0. The fraction of sp³-hybridized carbons (Fsp3) is 0.600. The molecule has 2 fully saturated rings. The average molecular weight is 539 g/mol. The van der Waals surface area contributed by atoms with E-state index in [-0.39, 0.29) is 36.1 Å². The Kier molecular flexibility index (Phi) is 10.4. The van der Waals surface area contributed by atoms with Gasteiger partial charge in [0, 0.05) is 64.2 Å². The van der Waals surface area contributed by atoms with E-state index in [1.807, 2.05) is 40.1 Å². The first-order valence-electron chi connectivity index (χ1n) is 14.4. The maximum atomic E-state index is 13.5. The smallest absolute Gasteiger partial charge is 0.242 e. The van der Waals surface area contributed by atoms with E-state index in [2.05, 4.69) is 13.0 Å². The van der Waals surface area contributed by atoms with Gasteiger partial charge < -0.3 is 24.3 Å². The molecule has 2 bridgehead atoms. The highest BCUT2D eigenvalue weighted by Crippen LogP contribution is 2.30. The zero-order valence-electron chi connectivity index (χ0n) is 23.1. The molecule has 3 heterocycles. The van der Waals surface area contributed by atoms with Crippen molar-refractivity contribution in [3.8, 4) is 5.75 Å². The highest BCUT2D eigenvalue weighted by atomic mass is 16.5. The average Bonchev–Trinajstić information content (AvgIpc) is 2.96. The summed E-state index contributed by atoms with van der Waals surface area (Å²) in [5.41, 5.74) is 0.887. The summed E-state index contributed by atoms with van der Waals surface area (Å²) in [6.45, 7) is 6.21. The van der Waals surface area contributed by atoms with Crippen LogP contribution in [0.3, 0.4) is 0 Å².